The molecule has 2 aromatic rings. The smallest absolute Gasteiger partial charge is 0.155 e. The lowest BCUT2D eigenvalue weighted by molar-refractivity contribution is 0.182. The van der Waals surface area contributed by atoms with E-state index in [-0.39, 0.29) is 0 Å². The van der Waals surface area contributed by atoms with Crippen molar-refractivity contribution in [3.63, 3.8) is 0 Å². The fraction of sp³-hybridized carbons (Fsp3) is 0.571. The summed E-state index contributed by atoms with van der Waals surface area (Å²) in [5.74, 6) is 0.941. The Labute approximate surface area is 113 Å². The number of hydrogen-bond acceptors (Lipinski definition) is 4. The zero-order valence-corrected chi connectivity index (χ0v) is 11.6. The molecule has 1 saturated heterocycles. The minimum atomic E-state index is 0.501. The Morgan fingerprint density at radius 1 is 1.32 bits per heavy atom. The first-order chi connectivity index (χ1) is 9.22. The summed E-state index contributed by atoms with van der Waals surface area (Å²) < 4.78 is 1.88. The summed E-state index contributed by atoms with van der Waals surface area (Å²) in [4.78, 5) is 7.11. The van der Waals surface area contributed by atoms with Gasteiger partial charge in [0.25, 0.3) is 0 Å². The molecule has 1 N–H and O–H groups in total. The molecular formula is C14H21N5. The molecule has 0 saturated carbocycles. The number of pyridine rings is 1. The maximum absolute atomic E-state index is 4.60. The molecule has 0 aromatic carbocycles. The highest BCUT2D eigenvalue weighted by atomic mass is 15.3. The highest BCUT2D eigenvalue weighted by Gasteiger charge is 2.18. The van der Waals surface area contributed by atoms with E-state index in [2.05, 4.69) is 40.2 Å². The summed E-state index contributed by atoms with van der Waals surface area (Å²) in [6.07, 6.45) is 2.95. The lowest BCUT2D eigenvalue weighted by Gasteiger charge is -2.32. The summed E-state index contributed by atoms with van der Waals surface area (Å²) >= 11 is 0. The van der Waals surface area contributed by atoms with Crippen LogP contribution < -0.4 is 5.32 Å². The number of aromatic nitrogens is 3. The molecule has 1 atom stereocenters. The first kappa shape index (κ1) is 12.6. The normalized spacial score (nSPS) is 18.8. The third-order valence-electron chi connectivity index (χ3n) is 3.78. The van der Waals surface area contributed by atoms with E-state index in [1.54, 1.807) is 0 Å². The van der Waals surface area contributed by atoms with Gasteiger partial charge in [0.05, 0.1) is 0 Å². The van der Waals surface area contributed by atoms with E-state index in [4.69, 9.17) is 0 Å². The van der Waals surface area contributed by atoms with Gasteiger partial charge in [0.15, 0.2) is 11.5 Å². The Bertz CT molecular complexity index is 556. The van der Waals surface area contributed by atoms with Gasteiger partial charge in [-0.3, -0.25) is 4.90 Å². The Morgan fingerprint density at radius 2 is 2.11 bits per heavy atom. The van der Waals surface area contributed by atoms with Crippen LogP contribution in [0.1, 0.15) is 18.3 Å². The molecule has 0 bridgehead atoms. The fourth-order valence-corrected chi connectivity index (χ4v) is 2.63. The number of piperazine rings is 1. The molecule has 0 aliphatic carbocycles. The minimum Gasteiger partial charge on any atom is -0.314 e. The molecular weight excluding hydrogens is 238 g/mol. The van der Waals surface area contributed by atoms with Gasteiger partial charge in [-0.05, 0) is 25.5 Å². The summed E-state index contributed by atoms with van der Waals surface area (Å²) in [6, 6.07) is 4.61. The zero-order valence-electron chi connectivity index (χ0n) is 11.6. The topological polar surface area (TPSA) is 45.5 Å². The van der Waals surface area contributed by atoms with Gasteiger partial charge < -0.3 is 5.32 Å². The molecule has 5 heteroatoms. The molecule has 0 spiro atoms. The number of hydrogen-bond donors (Lipinski definition) is 1. The van der Waals surface area contributed by atoms with Gasteiger partial charge in [0.1, 0.15) is 0 Å². The summed E-state index contributed by atoms with van der Waals surface area (Å²) in [5.41, 5.74) is 2.15. The van der Waals surface area contributed by atoms with E-state index in [1.165, 1.54) is 5.56 Å². The van der Waals surface area contributed by atoms with Crippen LogP contribution in [-0.4, -0.2) is 51.7 Å². The van der Waals surface area contributed by atoms with Crippen LogP contribution >= 0.6 is 0 Å². The van der Waals surface area contributed by atoms with Crippen LogP contribution in [-0.2, 0) is 6.42 Å². The Morgan fingerprint density at radius 3 is 2.89 bits per heavy atom. The van der Waals surface area contributed by atoms with E-state index in [0.717, 1.165) is 44.1 Å². The number of aryl methyl sites for hydroxylation is 1. The van der Waals surface area contributed by atoms with E-state index < -0.39 is 0 Å². The van der Waals surface area contributed by atoms with Crippen molar-refractivity contribution in [3.05, 3.63) is 29.7 Å². The van der Waals surface area contributed by atoms with Crippen molar-refractivity contribution in [3.8, 4) is 0 Å². The van der Waals surface area contributed by atoms with Crippen LogP contribution in [0.25, 0.3) is 5.65 Å². The lowest BCUT2D eigenvalue weighted by Crippen LogP contribution is -2.48. The highest BCUT2D eigenvalue weighted by Crippen LogP contribution is 2.09. The minimum absolute atomic E-state index is 0.501. The van der Waals surface area contributed by atoms with Crippen molar-refractivity contribution >= 4 is 5.65 Å². The van der Waals surface area contributed by atoms with Crippen molar-refractivity contribution < 1.29 is 0 Å². The first-order valence-electron chi connectivity index (χ1n) is 6.99. The maximum Gasteiger partial charge on any atom is 0.155 e. The largest absolute Gasteiger partial charge is 0.314 e. The Hall–Kier alpha value is -1.46. The third-order valence-corrected chi connectivity index (χ3v) is 3.78. The lowest BCUT2D eigenvalue weighted by atomic mass is 10.2. The van der Waals surface area contributed by atoms with Crippen LogP contribution in [0.3, 0.4) is 0 Å². The van der Waals surface area contributed by atoms with Gasteiger partial charge in [-0.1, -0.05) is 6.07 Å². The number of nitrogens with one attached hydrogen (secondary N) is 1. The van der Waals surface area contributed by atoms with Crippen LogP contribution in [0.4, 0.5) is 0 Å². The second-order valence-electron chi connectivity index (χ2n) is 5.38. The van der Waals surface area contributed by atoms with Crippen molar-refractivity contribution in [2.24, 2.45) is 0 Å². The maximum atomic E-state index is 4.60. The highest BCUT2D eigenvalue weighted by molar-refractivity contribution is 5.38. The van der Waals surface area contributed by atoms with Gasteiger partial charge in [-0.15, -0.1) is 0 Å². The molecule has 102 valence electrons. The predicted octanol–water partition coefficient (Wildman–Crippen LogP) is 0.874. The molecule has 0 radical (unpaired) electrons. The quantitative estimate of drug-likeness (QED) is 0.888. The summed E-state index contributed by atoms with van der Waals surface area (Å²) in [7, 11) is 0. The average molecular weight is 259 g/mol. The molecule has 3 heterocycles. The Balaban J connectivity index is 1.73. The fourth-order valence-electron chi connectivity index (χ4n) is 2.63. The van der Waals surface area contributed by atoms with Crippen LogP contribution in [0.15, 0.2) is 18.3 Å². The third kappa shape index (κ3) is 2.77. The van der Waals surface area contributed by atoms with Crippen molar-refractivity contribution in [1.82, 2.24) is 24.8 Å². The van der Waals surface area contributed by atoms with Gasteiger partial charge >= 0.3 is 0 Å². The van der Waals surface area contributed by atoms with E-state index >= 15 is 0 Å². The number of fused-ring (bicyclic) bond motifs is 1. The van der Waals surface area contributed by atoms with E-state index in [9.17, 15) is 0 Å². The van der Waals surface area contributed by atoms with E-state index in [0.29, 0.717) is 6.04 Å². The molecule has 0 amide bonds. The zero-order chi connectivity index (χ0) is 13.2. The summed E-state index contributed by atoms with van der Waals surface area (Å²) in [6.45, 7) is 8.75. The van der Waals surface area contributed by atoms with Crippen molar-refractivity contribution in [1.29, 1.82) is 0 Å². The predicted molar refractivity (Wildman–Crippen MR) is 75.3 cm³/mol. The molecule has 19 heavy (non-hydrogen) atoms. The second-order valence-corrected chi connectivity index (χ2v) is 5.38. The standard InChI is InChI=1S/C14H21N5/c1-11-3-4-14-16-13(17-19(14)10-11)9-12(2)18-7-5-15-6-8-18/h3-4,10,12,15H,5-9H2,1-2H3. The van der Waals surface area contributed by atoms with Crippen LogP contribution in [0, 0.1) is 6.92 Å². The van der Waals surface area contributed by atoms with E-state index in [1.807, 2.05) is 16.8 Å². The van der Waals surface area contributed by atoms with Gasteiger partial charge in [-0.25, -0.2) is 9.50 Å². The SMILES string of the molecule is Cc1ccc2nc(CC(C)N3CCNCC3)nn2c1. The molecule has 1 unspecified atom stereocenters. The number of rotatable bonds is 3. The molecule has 5 nitrogen and oxygen atoms in total. The van der Waals surface area contributed by atoms with Crippen molar-refractivity contribution in [2.45, 2.75) is 26.3 Å². The number of nitrogens with zero attached hydrogens (tertiary/aromatic N) is 4. The monoisotopic (exact) mass is 259 g/mol. The molecule has 1 fully saturated rings. The van der Waals surface area contributed by atoms with Gasteiger partial charge in [0, 0.05) is 44.8 Å². The van der Waals surface area contributed by atoms with Gasteiger partial charge in [0.2, 0.25) is 0 Å². The summed E-state index contributed by atoms with van der Waals surface area (Å²) in [5, 5.41) is 7.96. The van der Waals surface area contributed by atoms with Crippen molar-refractivity contribution in [2.75, 3.05) is 26.2 Å². The second kappa shape index (κ2) is 5.27. The van der Waals surface area contributed by atoms with Gasteiger partial charge in [-0.2, -0.15) is 5.10 Å². The average Bonchev–Trinajstić information content (AvgIpc) is 2.81. The molecule has 1 aliphatic heterocycles. The van der Waals surface area contributed by atoms with Crippen LogP contribution in [0.2, 0.25) is 0 Å². The molecule has 1 aliphatic rings. The Kier molecular flexibility index (Phi) is 3.48. The first-order valence-corrected chi connectivity index (χ1v) is 6.99. The van der Waals surface area contributed by atoms with Crippen LogP contribution in [0.5, 0.6) is 0 Å². The molecule has 3 rings (SSSR count). The molecule has 2 aromatic heterocycles.